The fraction of sp³-hybridized carbons (Fsp3) is 0.290. The second kappa shape index (κ2) is 12.1. The molecule has 2 fully saturated rings. The number of rotatable bonds is 7. The second-order valence-corrected chi connectivity index (χ2v) is 13.5. The van der Waals surface area contributed by atoms with E-state index >= 15 is 0 Å². The summed E-state index contributed by atoms with van der Waals surface area (Å²) in [6.07, 6.45) is 4.86. The molecule has 3 atom stereocenters. The molecule has 1 aliphatic carbocycles. The number of sulfonamides is 1. The maximum atomic E-state index is 14.4. The Kier molecular flexibility index (Phi) is 8.25. The summed E-state index contributed by atoms with van der Waals surface area (Å²) in [5.74, 6) is -0.707. The predicted molar refractivity (Wildman–Crippen MR) is 167 cm³/mol. The predicted octanol–water partition coefficient (Wildman–Crippen LogP) is 6.13. The summed E-state index contributed by atoms with van der Waals surface area (Å²) >= 11 is 5.98. The largest absolute Gasteiger partial charge is 0.271 e. The minimum absolute atomic E-state index is 0.0263. The number of halogens is 1. The van der Waals surface area contributed by atoms with Gasteiger partial charge in [0, 0.05) is 41.8 Å². The van der Waals surface area contributed by atoms with Gasteiger partial charge < -0.3 is 0 Å². The highest BCUT2D eigenvalue weighted by Crippen LogP contribution is 2.45. The summed E-state index contributed by atoms with van der Waals surface area (Å²) in [6.45, 7) is 0.169. The molecule has 45 heavy (non-hydrogen) atoms. The van der Waals surface area contributed by atoms with Crippen LogP contribution in [0.2, 0.25) is 5.02 Å². The van der Waals surface area contributed by atoms with E-state index in [1.54, 1.807) is 24.3 Å². The number of amides is 1. The molecule has 2 heterocycles. The first-order chi connectivity index (χ1) is 21.5. The van der Waals surface area contributed by atoms with Crippen LogP contribution in [-0.4, -0.2) is 51.8 Å². The minimum atomic E-state index is -4.02. The topological polar surface area (TPSA) is 156 Å². The van der Waals surface area contributed by atoms with Crippen LogP contribution in [0.3, 0.4) is 0 Å². The fourth-order valence-corrected chi connectivity index (χ4v) is 8.15. The van der Waals surface area contributed by atoms with Crippen molar-refractivity contribution in [2.75, 3.05) is 6.54 Å². The van der Waals surface area contributed by atoms with Crippen molar-refractivity contribution in [1.82, 2.24) is 9.31 Å². The van der Waals surface area contributed by atoms with Gasteiger partial charge in [-0.2, -0.15) is 9.41 Å². The van der Waals surface area contributed by atoms with Gasteiger partial charge in [-0.1, -0.05) is 23.7 Å². The molecule has 1 saturated heterocycles. The Labute approximate surface area is 263 Å². The van der Waals surface area contributed by atoms with Gasteiger partial charge in [-0.15, -0.1) is 0 Å². The Balaban J connectivity index is 1.38. The molecule has 1 amide bonds. The molecular weight excluding hydrogens is 622 g/mol. The molecule has 0 unspecified atom stereocenters. The van der Waals surface area contributed by atoms with Gasteiger partial charge in [0.25, 0.3) is 17.3 Å². The van der Waals surface area contributed by atoms with E-state index in [-0.39, 0.29) is 28.7 Å². The van der Waals surface area contributed by atoms with E-state index in [2.05, 4.69) is 0 Å². The molecule has 6 rings (SSSR count). The number of nitro groups is 2. The number of hydrazone groups is 1. The molecule has 3 aromatic carbocycles. The normalized spacial score (nSPS) is 22.7. The van der Waals surface area contributed by atoms with Crippen LogP contribution >= 0.6 is 11.6 Å². The molecule has 2 aliphatic heterocycles. The zero-order valence-corrected chi connectivity index (χ0v) is 25.4. The average molecular weight is 650 g/mol. The molecule has 3 aliphatic rings. The summed E-state index contributed by atoms with van der Waals surface area (Å²) in [6, 6.07) is 16.4. The maximum Gasteiger partial charge on any atom is 0.269 e. The SMILES string of the molecule is O=C([C@@H]1CCCN1S(=O)(=O)c1ccc(Cl)cc1)N1N=C2/C(=C/c3ccc([N+](=O)[O-])cc3)CCC[C@@H]2[C@@H]1c1ccc([N+](=O)[O-])cc1. The summed E-state index contributed by atoms with van der Waals surface area (Å²) in [5.41, 5.74) is 2.84. The van der Waals surface area contributed by atoms with E-state index in [9.17, 15) is 33.4 Å². The third-order valence-corrected chi connectivity index (χ3v) is 10.7. The molecule has 0 aromatic heterocycles. The van der Waals surface area contributed by atoms with Gasteiger partial charge in [-0.25, -0.2) is 13.4 Å². The highest BCUT2D eigenvalue weighted by atomic mass is 35.5. The second-order valence-electron chi connectivity index (χ2n) is 11.2. The van der Waals surface area contributed by atoms with Gasteiger partial charge in [0.05, 0.1) is 26.5 Å². The highest BCUT2D eigenvalue weighted by molar-refractivity contribution is 7.89. The molecule has 1 saturated carbocycles. The summed E-state index contributed by atoms with van der Waals surface area (Å²) in [4.78, 5) is 35.9. The van der Waals surface area contributed by atoms with E-state index in [4.69, 9.17) is 16.7 Å². The van der Waals surface area contributed by atoms with Crippen LogP contribution in [0.25, 0.3) is 6.08 Å². The van der Waals surface area contributed by atoms with Gasteiger partial charge >= 0.3 is 0 Å². The number of nitrogens with zero attached hydrogens (tertiary/aromatic N) is 5. The van der Waals surface area contributed by atoms with Crippen LogP contribution in [0.5, 0.6) is 0 Å². The fourth-order valence-electron chi connectivity index (χ4n) is 6.37. The number of carbonyl (C=O) groups is 1. The molecule has 0 bridgehead atoms. The Morgan fingerprint density at radius 1 is 0.889 bits per heavy atom. The van der Waals surface area contributed by atoms with Crippen LogP contribution in [0.15, 0.2) is 88.4 Å². The van der Waals surface area contributed by atoms with E-state index in [0.717, 1.165) is 17.6 Å². The Morgan fingerprint density at radius 3 is 2.13 bits per heavy atom. The number of fused-ring (bicyclic) bond motifs is 1. The zero-order valence-electron chi connectivity index (χ0n) is 23.9. The summed E-state index contributed by atoms with van der Waals surface area (Å²) in [5, 5.41) is 29.1. The van der Waals surface area contributed by atoms with Crippen molar-refractivity contribution in [2.24, 2.45) is 11.0 Å². The molecule has 0 radical (unpaired) electrons. The standard InChI is InChI=1S/C31H28ClN5O7S/c32-23-10-16-26(17-11-23)45(43,44)34-18-2-5-28(34)31(38)35-30(21-8-14-25(15-9-21)37(41)42)27-4-1-3-22(29(27)33-35)19-20-6-12-24(13-7-20)36(39)40/h6-17,19,27-28,30H,1-5,18H2/b22-19+/t27-,28-,30-/m0/s1. The lowest BCUT2D eigenvalue weighted by molar-refractivity contribution is -0.385. The number of benzene rings is 3. The van der Waals surface area contributed by atoms with Crippen LogP contribution in [0, 0.1) is 26.1 Å². The van der Waals surface area contributed by atoms with Crippen molar-refractivity contribution in [3.63, 3.8) is 0 Å². The molecule has 0 N–H and O–H groups in total. The summed E-state index contributed by atoms with van der Waals surface area (Å²) in [7, 11) is -4.02. The first-order valence-electron chi connectivity index (χ1n) is 14.4. The van der Waals surface area contributed by atoms with Crippen LogP contribution in [-0.2, 0) is 14.8 Å². The van der Waals surface area contributed by atoms with Gasteiger partial charge in [0.1, 0.15) is 6.04 Å². The number of nitro benzene ring substituents is 2. The number of non-ortho nitro benzene ring substituents is 2. The quantitative estimate of drug-likeness (QED) is 0.220. The van der Waals surface area contributed by atoms with E-state index in [0.29, 0.717) is 42.0 Å². The van der Waals surface area contributed by atoms with Gasteiger partial charge in [-0.3, -0.25) is 25.0 Å². The smallest absolute Gasteiger partial charge is 0.269 e. The summed E-state index contributed by atoms with van der Waals surface area (Å²) < 4.78 is 28.5. The highest BCUT2D eigenvalue weighted by Gasteiger charge is 2.48. The third kappa shape index (κ3) is 5.86. The van der Waals surface area contributed by atoms with Crippen molar-refractivity contribution in [3.8, 4) is 0 Å². The maximum absolute atomic E-state index is 14.4. The number of allylic oxidation sites excluding steroid dienone is 1. The van der Waals surface area contributed by atoms with Crippen LogP contribution < -0.4 is 0 Å². The van der Waals surface area contributed by atoms with Gasteiger partial charge in [0.15, 0.2) is 0 Å². The van der Waals surface area contributed by atoms with E-state index in [1.165, 1.54) is 57.8 Å². The molecular formula is C31H28ClN5O7S. The lowest BCUT2D eigenvalue weighted by atomic mass is 9.77. The van der Waals surface area contributed by atoms with E-state index < -0.39 is 37.9 Å². The first-order valence-corrected chi connectivity index (χ1v) is 16.2. The van der Waals surface area contributed by atoms with Crippen LogP contribution in [0.1, 0.15) is 49.3 Å². The zero-order chi connectivity index (χ0) is 31.9. The molecule has 3 aromatic rings. The monoisotopic (exact) mass is 649 g/mol. The van der Waals surface area contributed by atoms with E-state index in [1.807, 2.05) is 6.08 Å². The third-order valence-electron chi connectivity index (χ3n) is 8.53. The molecule has 232 valence electrons. The van der Waals surface area contributed by atoms with Crippen molar-refractivity contribution in [3.05, 3.63) is 115 Å². The number of carbonyl (C=O) groups excluding carboxylic acids is 1. The number of hydrogen-bond acceptors (Lipinski definition) is 8. The minimum Gasteiger partial charge on any atom is -0.271 e. The Bertz CT molecular complexity index is 1830. The lowest BCUT2D eigenvalue weighted by Gasteiger charge is -2.32. The van der Waals surface area contributed by atoms with Gasteiger partial charge in [-0.05, 0) is 91.3 Å². The lowest BCUT2D eigenvalue weighted by Crippen LogP contribution is -2.46. The molecule has 12 nitrogen and oxygen atoms in total. The Hall–Kier alpha value is -4.46. The molecule has 14 heteroatoms. The average Bonchev–Trinajstić information content (AvgIpc) is 3.68. The van der Waals surface area contributed by atoms with Crippen molar-refractivity contribution in [2.45, 2.75) is 49.1 Å². The Morgan fingerprint density at radius 2 is 1.51 bits per heavy atom. The number of hydrogen-bond donors (Lipinski definition) is 0. The van der Waals surface area contributed by atoms with Crippen molar-refractivity contribution >= 4 is 50.7 Å². The van der Waals surface area contributed by atoms with Crippen molar-refractivity contribution < 1.29 is 23.1 Å². The van der Waals surface area contributed by atoms with Crippen LogP contribution in [0.4, 0.5) is 11.4 Å². The molecule has 0 spiro atoms. The first kappa shape index (κ1) is 30.6. The van der Waals surface area contributed by atoms with Crippen molar-refractivity contribution in [1.29, 1.82) is 0 Å². The van der Waals surface area contributed by atoms with Gasteiger partial charge in [0.2, 0.25) is 10.0 Å².